The lowest BCUT2D eigenvalue weighted by molar-refractivity contribution is -0.113. The number of carbonyl (C=O) groups excluding carboxylic acids is 1. The summed E-state index contributed by atoms with van der Waals surface area (Å²) in [5.74, 6) is 0.400. The minimum atomic E-state index is -0.141. The number of thioether (sulfide) groups is 1. The Balaban J connectivity index is 1.37. The van der Waals surface area contributed by atoms with Crippen LogP contribution >= 0.6 is 23.4 Å². The maximum absolute atomic E-state index is 12.2. The summed E-state index contributed by atoms with van der Waals surface area (Å²) >= 11 is 7.16. The van der Waals surface area contributed by atoms with E-state index in [1.165, 1.54) is 11.8 Å². The second-order valence-electron chi connectivity index (χ2n) is 5.78. The molecule has 4 rings (SSSR count). The van der Waals surface area contributed by atoms with Gasteiger partial charge in [-0.2, -0.15) is 0 Å². The topological polar surface area (TPSA) is 68.0 Å². The molecule has 0 saturated carbocycles. The number of hydrogen-bond acceptors (Lipinski definition) is 5. The van der Waals surface area contributed by atoms with Gasteiger partial charge in [0.15, 0.2) is 0 Å². The minimum absolute atomic E-state index is 0.141. The lowest BCUT2D eigenvalue weighted by Gasteiger charge is -2.05. The van der Waals surface area contributed by atoms with Crippen molar-refractivity contribution >= 4 is 45.7 Å². The largest absolute Gasteiger partial charge is 0.411 e. The van der Waals surface area contributed by atoms with Crippen molar-refractivity contribution < 1.29 is 9.21 Å². The van der Waals surface area contributed by atoms with Crippen LogP contribution in [0.3, 0.4) is 0 Å². The van der Waals surface area contributed by atoms with E-state index >= 15 is 0 Å². The van der Waals surface area contributed by atoms with Crippen LogP contribution in [0.15, 0.2) is 76.4 Å². The van der Waals surface area contributed by atoms with Gasteiger partial charge in [0.1, 0.15) is 0 Å². The Morgan fingerprint density at radius 1 is 1.00 bits per heavy atom. The molecule has 0 spiro atoms. The number of carbonyl (C=O) groups is 1. The van der Waals surface area contributed by atoms with E-state index in [0.717, 1.165) is 22.0 Å². The number of aromatic nitrogens is 2. The van der Waals surface area contributed by atoms with Crippen molar-refractivity contribution in [2.45, 2.75) is 5.22 Å². The fourth-order valence-corrected chi connectivity index (χ4v) is 3.35. The number of amides is 1. The highest BCUT2D eigenvalue weighted by molar-refractivity contribution is 7.99. The Kier molecular flexibility index (Phi) is 5.09. The standard InChI is InChI=1S/C20H14ClN3O2S/c21-16-7-3-6-15(10-16)19-23-24-20(26-19)27-12-18(25)22-17-9-8-13-4-1-2-5-14(13)11-17/h1-11H,12H2,(H,22,25). The molecule has 4 aromatic rings. The van der Waals surface area contributed by atoms with E-state index in [0.29, 0.717) is 16.1 Å². The molecule has 0 fully saturated rings. The van der Waals surface area contributed by atoms with Gasteiger partial charge in [0.05, 0.1) is 5.75 Å². The van der Waals surface area contributed by atoms with Gasteiger partial charge in [-0.25, -0.2) is 0 Å². The third-order valence-corrected chi connectivity index (χ3v) is 4.89. The van der Waals surface area contributed by atoms with Crippen LogP contribution in [0.4, 0.5) is 5.69 Å². The SMILES string of the molecule is O=C(CSc1nnc(-c2cccc(Cl)c2)o1)Nc1ccc2ccccc2c1. The fourth-order valence-electron chi connectivity index (χ4n) is 2.60. The first-order valence-corrected chi connectivity index (χ1v) is 9.55. The average Bonchev–Trinajstić information content (AvgIpc) is 3.15. The Labute approximate surface area is 164 Å². The predicted molar refractivity (Wildman–Crippen MR) is 108 cm³/mol. The first-order chi connectivity index (χ1) is 13.2. The van der Waals surface area contributed by atoms with E-state index in [-0.39, 0.29) is 11.7 Å². The molecule has 0 unspecified atom stereocenters. The maximum Gasteiger partial charge on any atom is 0.277 e. The third kappa shape index (κ3) is 4.30. The molecule has 0 radical (unpaired) electrons. The van der Waals surface area contributed by atoms with Gasteiger partial charge in [0.25, 0.3) is 5.22 Å². The molecule has 1 aromatic heterocycles. The second-order valence-corrected chi connectivity index (χ2v) is 7.15. The molecule has 0 aliphatic carbocycles. The van der Waals surface area contributed by atoms with Gasteiger partial charge < -0.3 is 9.73 Å². The molecule has 0 atom stereocenters. The van der Waals surface area contributed by atoms with E-state index in [2.05, 4.69) is 15.5 Å². The van der Waals surface area contributed by atoms with Crippen LogP contribution in [0, 0.1) is 0 Å². The molecule has 5 nitrogen and oxygen atoms in total. The van der Waals surface area contributed by atoms with Gasteiger partial charge in [0.2, 0.25) is 11.8 Å². The Morgan fingerprint density at radius 3 is 2.70 bits per heavy atom. The highest BCUT2D eigenvalue weighted by Gasteiger charge is 2.12. The number of nitrogens with zero attached hydrogens (tertiary/aromatic N) is 2. The van der Waals surface area contributed by atoms with Crippen molar-refractivity contribution in [3.63, 3.8) is 0 Å². The van der Waals surface area contributed by atoms with Crippen molar-refractivity contribution in [2.24, 2.45) is 0 Å². The van der Waals surface area contributed by atoms with Gasteiger partial charge in [0, 0.05) is 16.3 Å². The summed E-state index contributed by atoms with van der Waals surface area (Å²) < 4.78 is 5.59. The second kappa shape index (κ2) is 7.82. The number of hydrogen-bond donors (Lipinski definition) is 1. The molecular formula is C20H14ClN3O2S. The zero-order valence-corrected chi connectivity index (χ0v) is 15.6. The van der Waals surface area contributed by atoms with E-state index < -0.39 is 0 Å². The molecular weight excluding hydrogens is 382 g/mol. The molecule has 7 heteroatoms. The zero-order chi connectivity index (χ0) is 18.6. The summed E-state index contributed by atoms with van der Waals surface area (Å²) in [7, 11) is 0. The van der Waals surface area contributed by atoms with Gasteiger partial charge >= 0.3 is 0 Å². The summed E-state index contributed by atoms with van der Waals surface area (Å²) in [5.41, 5.74) is 1.49. The van der Waals surface area contributed by atoms with Crippen molar-refractivity contribution in [3.8, 4) is 11.5 Å². The van der Waals surface area contributed by atoms with E-state index in [4.69, 9.17) is 16.0 Å². The number of fused-ring (bicyclic) bond motifs is 1. The smallest absolute Gasteiger partial charge is 0.277 e. The summed E-state index contributed by atoms with van der Waals surface area (Å²) in [6, 6.07) is 21.0. The molecule has 3 aromatic carbocycles. The van der Waals surface area contributed by atoms with Crippen LogP contribution in [0.1, 0.15) is 0 Å². The summed E-state index contributed by atoms with van der Waals surface area (Å²) in [6.45, 7) is 0. The molecule has 0 aliphatic heterocycles. The third-order valence-electron chi connectivity index (χ3n) is 3.84. The molecule has 0 bridgehead atoms. The first-order valence-electron chi connectivity index (χ1n) is 8.18. The number of halogens is 1. The summed E-state index contributed by atoms with van der Waals surface area (Å²) in [4.78, 5) is 12.2. The van der Waals surface area contributed by atoms with Crippen LogP contribution in [0.25, 0.3) is 22.2 Å². The Morgan fingerprint density at radius 2 is 1.85 bits per heavy atom. The van der Waals surface area contributed by atoms with Crippen LogP contribution < -0.4 is 5.32 Å². The molecule has 1 amide bonds. The number of benzene rings is 3. The maximum atomic E-state index is 12.2. The molecule has 0 saturated heterocycles. The minimum Gasteiger partial charge on any atom is -0.411 e. The summed E-state index contributed by atoms with van der Waals surface area (Å²) in [6.07, 6.45) is 0. The first kappa shape index (κ1) is 17.6. The molecule has 134 valence electrons. The van der Waals surface area contributed by atoms with Gasteiger partial charge in [-0.05, 0) is 41.1 Å². The van der Waals surface area contributed by atoms with Gasteiger partial charge in [-0.15, -0.1) is 10.2 Å². The van der Waals surface area contributed by atoms with Gasteiger partial charge in [-0.3, -0.25) is 4.79 Å². The Hall–Kier alpha value is -2.83. The number of anilines is 1. The van der Waals surface area contributed by atoms with Crippen LogP contribution in [-0.4, -0.2) is 21.9 Å². The lowest BCUT2D eigenvalue weighted by atomic mass is 10.1. The van der Waals surface area contributed by atoms with Crippen molar-refractivity contribution in [1.82, 2.24) is 10.2 Å². The van der Waals surface area contributed by atoms with Crippen molar-refractivity contribution in [2.75, 3.05) is 11.1 Å². The van der Waals surface area contributed by atoms with E-state index in [1.54, 1.807) is 12.1 Å². The highest BCUT2D eigenvalue weighted by Crippen LogP contribution is 2.25. The number of nitrogens with one attached hydrogen (secondary N) is 1. The zero-order valence-electron chi connectivity index (χ0n) is 14.1. The normalized spacial score (nSPS) is 10.9. The molecule has 27 heavy (non-hydrogen) atoms. The quantitative estimate of drug-likeness (QED) is 0.466. The fraction of sp³-hybridized carbons (Fsp3) is 0.0500. The Bertz CT molecular complexity index is 1110. The van der Waals surface area contributed by atoms with Crippen molar-refractivity contribution in [1.29, 1.82) is 0 Å². The van der Waals surface area contributed by atoms with Crippen molar-refractivity contribution in [3.05, 3.63) is 71.8 Å². The van der Waals surface area contributed by atoms with E-state index in [1.807, 2.05) is 54.6 Å². The lowest BCUT2D eigenvalue weighted by Crippen LogP contribution is -2.13. The highest BCUT2D eigenvalue weighted by atomic mass is 35.5. The monoisotopic (exact) mass is 395 g/mol. The van der Waals surface area contributed by atoms with Crippen LogP contribution in [0.5, 0.6) is 0 Å². The molecule has 1 heterocycles. The molecule has 0 aliphatic rings. The predicted octanol–water partition coefficient (Wildman–Crippen LogP) is 5.27. The number of rotatable bonds is 5. The van der Waals surface area contributed by atoms with E-state index in [9.17, 15) is 4.79 Å². The van der Waals surface area contributed by atoms with Crippen LogP contribution in [0.2, 0.25) is 5.02 Å². The molecule has 1 N–H and O–H groups in total. The van der Waals surface area contributed by atoms with Crippen LogP contribution in [-0.2, 0) is 4.79 Å². The average molecular weight is 396 g/mol. The van der Waals surface area contributed by atoms with Gasteiger partial charge in [-0.1, -0.05) is 59.8 Å². The summed E-state index contributed by atoms with van der Waals surface area (Å²) in [5, 5.41) is 14.0.